The van der Waals surface area contributed by atoms with Crippen LogP contribution in [0, 0.1) is 17.8 Å². The van der Waals surface area contributed by atoms with Crippen molar-refractivity contribution in [3.05, 3.63) is 11.6 Å². The fraction of sp³-hybridized carbons (Fsp3) is 0.907. The van der Waals surface area contributed by atoms with Gasteiger partial charge in [0.25, 0.3) is 0 Å². The summed E-state index contributed by atoms with van der Waals surface area (Å²) in [6.45, 7) is 6.92. The van der Waals surface area contributed by atoms with Crippen LogP contribution in [0.4, 0.5) is 0 Å². The molecule has 0 saturated heterocycles. The van der Waals surface area contributed by atoms with Gasteiger partial charge in [-0.15, -0.1) is 0 Å². The molecule has 60 heavy (non-hydrogen) atoms. The Morgan fingerprint density at radius 1 is 0.400 bits per heavy atom. The maximum atomic E-state index is 11.2. The maximum Gasteiger partial charge on any atom is 0.303 e. The second-order valence-electron chi connectivity index (χ2n) is 18.9. The van der Waals surface area contributed by atoms with Crippen LogP contribution in [0.2, 0.25) is 0 Å². The van der Waals surface area contributed by atoms with Crippen LogP contribution in [0.15, 0.2) is 11.6 Å². The summed E-state index contributed by atoms with van der Waals surface area (Å²) in [6, 6.07) is 0. The summed E-state index contributed by atoms with van der Waals surface area (Å²) in [5.74, 6) is -0.210. The van der Waals surface area contributed by atoms with Crippen LogP contribution < -0.4 is 5.11 Å². The fourth-order valence-corrected chi connectivity index (χ4v) is 9.70. The van der Waals surface area contributed by atoms with Gasteiger partial charge in [-0.3, -0.25) is 9.59 Å². The van der Waals surface area contributed by atoms with Gasteiger partial charge in [0, 0.05) is 18.8 Å². The molecule has 0 aromatic carbocycles. The summed E-state index contributed by atoms with van der Waals surface area (Å²) in [5.41, 5.74) is 1.78. The number of carbonyl (C=O) groups is 3. The highest BCUT2D eigenvalue weighted by Gasteiger charge is 2.31. The van der Waals surface area contributed by atoms with Gasteiger partial charge in [-0.2, -0.15) is 0 Å². The predicted octanol–water partition coefficient (Wildman–Crippen LogP) is 16.5. The van der Waals surface area contributed by atoms with Gasteiger partial charge in [0.2, 0.25) is 0 Å². The summed E-state index contributed by atoms with van der Waals surface area (Å²) in [6.07, 6.45) is 52.3. The zero-order chi connectivity index (χ0) is 44.2. The second kappa shape index (κ2) is 45.2. The number of rotatable bonds is 49. The molecule has 0 amide bonds. The topological polar surface area (TPSA) is 115 Å². The number of unbranched alkanes of at least 4 members (excludes halogenated alkanes) is 29. The molecule has 0 fully saturated rings. The first-order chi connectivity index (χ1) is 29.3. The van der Waals surface area contributed by atoms with Crippen molar-refractivity contribution >= 4 is 17.9 Å². The molecule has 0 spiro atoms. The van der Waals surface area contributed by atoms with E-state index in [2.05, 4.69) is 26.8 Å². The van der Waals surface area contributed by atoms with Crippen molar-refractivity contribution in [1.82, 2.24) is 0 Å². The molecule has 3 unspecified atom stereocenters. The van der Waals surface area contributed by atoms with E-state index in [0.717, 1.165) is 70.1 Å². The molecule has 0 rings (SSSR count). The molecule has 0 aromatic heterocycles. The van der Waals surface area contributed by atoms with Crippen LogP contribution in [0.3, 0.4) is 0 Å². The lowest BCUT2D eigenvalue weighted by atomic mass is 9.68. The standard InChI is InChI=1S/C54H102O6/c1-4-7-10-13-21-30-39-48(41-32-23-16-18-27-36-45-52(55)56)50(43-34-25-15-12-9-6-3)51(44-35-26-20-29-38-47-54(59)60)49(40-31-22-14-11-8-5-2)42-33-24-17-19-28-37-46-53(57)58/h41,49-51H,4-40,42-47H2,1-3H3,(H,55,56)(H,57,58)(H,59,60)/p-1/b48-41-. The van der Waals surface area contributed by atoms with E-state index in [-0.39, 0.29) is 19.3 Å². The van der Waals surface area contributed by atoms with E-state index in [1.54, 1.807) is 5.57 Å². The average Bonchev–Trinajstić information content (AvgIpc) is 3.22. The van der Waals surface area contributed by atoms with Gasteiger partial charge in [-0.05, 0) is 82.0 Å². The number of hydrogen-bond donors (Lipinski definition) is 2. The van der Waals surface area contributed by atoms with Crippen molar-refractivity contribution in [2.75, 3.05) is 0 Å². The Labute approximate surface area is 372 Å². The van der Waals surface area contributed by atoms with Crippen LogP contribution in [0.25, 0.3) is 0 Å². The third-order valence-electron chi connectivity index (χ3n) is 13.3. The Morgan fingerprint density at radius 2 is 0.733 bits per heavy atom. The number of aliphatic carboxylic acids is 3. The fourth-order valence-electron chi connectivity index (χ4n) is 9.70. The normalized spacial score (nSPS) is 13.4. The zero-order valence-corrected chi connectivity index (χ0v) is 40.2. The first-order valence-electron chi connectivity index (χ1n) is 26.6. The van der Waals surface area contributed by atoms with Crippen LogP contribution in [0.1, 0.15) is 297 Å². The highest BCUT2D eigenvalue weighted by molar-refractivity contribution is 5.66. The van der Waals surface area contributed by atoms with Crippen molar-refractivity contribution in [2.24, 2.45) is 17.8 Å². The van der Waals surface area contributed by atoms with Crippen molar-refractivity contribution in [3.63, 3.8) is 0 Å². The minimum Gasteiger partial charge on any atom is -0.550 e. The van der Waals surface area contributed by atoms with Crippen LogP contribution >= 0.6 is 0 Å². The lowest BCUT2D eigenvalue weighted by Crippen LogP contribution is -2.26. The van der Waals surface area contributed by atoms with E-state index in [9.17, 15) is 24.6 Å². The Balaban J connectivity index is 6.50. The van der Waals surface area contributed by atoms with Crippen molar-refractivity contribution in [2.45, 2.75) is 297 Å². The third-order valence-corrected chi connectivity index (χ3v) is 13.3. The van der Waals surface area contributed by atoms with Gasteiger partial charge in [-0.25, -0.2) is 0 Å². The van der Waals surface area contributed by atoms with Gasteiger partial charge >= 0.3 is 11.9 Å². The van der Waals surface area contributed by atoms with Crippen LogP contribution in [-0.2, 0) is 14.4 Å². The molecule has 0 radical (unpaired) electrons. The molecule has 6 nitrogen and oxygen atoms in total. The molecule has 0 aliphatic carbocycles. The van der Waals surface area contributed by atoms with Gasteiger partial charge in [0.05, 0.1) is 0 Å². The second-order valence-corrected chi connectivity index (χ2v) is 18.9. The quantitative estimate of drug-likeness (QED) is 0.0465. The molecule has 0 aliphatic heterocycles. The molecular weight excluding hydrogens is 745 g/mol. The number of carboxylic acids is 3. The summed E-state index contributed by atoms with van der Waals surface area (Å²) in [7, 11) is 0. The summed E-state index contributed by atoms with van der Waals surface area (Å²) >= 11 is 0. The lowest BCUT2D eigenvalue weighted by Gasteiger charge is -2.37. The Kier molecular flexibility index (Phi) is 43.8. The van der Waals surface area contributed by atoms with Crippen LogP contribution in [0.5, 0.6) is 0 Å². The van der Waals surface area contributed by atoms with Crippen LogP contribution in [-0.4, -0.2) is 28.1 Å². The van der Waals surface area contributed by atoms with Crippen molar-refractivity contribution < 1.29 is 29.7 Å². The van der Waals surface area contributed by atoms with Gasteiger partial charge < -0.3 is 20.1 Å². The smallest absolute Gasteiger partial charge is 0.303 e. The van der Waals surface area contributed by atoms with Crippen molar-refractivity contribution in [1.29, 1.82) is 0 Å². The molecule has 3 atom stereocenters. The molecule has 0 heterocycles. The molecular formula is C54H101O6-. The number of hydrogen-bond acceptors (Lipinski definition) is 4. The number of carboxylic acid groups (broad SMARTS) is 3. The molecule has 6 heteroatoms. The third kappa shape index (κ3) is 39.0. The van der Waals surface area contributed by atoms with E-state index in [4.69, 9.17) is 5.11 Å². The van der Waals surface area contributed by atoms with E-state index in [0.29, 0.717) is 11.8 Å². The van der Waals surface area contributed by atoms with Gasteiger partial charge in [-0.1, -0.05) is 231 Å². The predicted molar refractivity (Wildman–Crippen MR) is 254 cm³/mol. The highest BCUT2D eigenvalue weighted by Crippen LogP contribution is 2.42. The SMILES string of the molecule is CCCCCCCC/C(=C/CCCCCCCC(=O)O)C(CCCCCCCC)C(CCCCCCCC(=O)O)C(CCCCCCCC)CCCCCCCCC(=O)[O-]. The average molecular weight is 846 g/mol. The molecule has 0 aromatic rings. The summed E-state index contributed by atoms with van der Waals surface area (Å²) in [5, 5.41) is 29.2. The monoisotopic (exact) mass is 846 g/mol. The molecule has 0 bridgehead atoms. The van der Waals surface area contributed by atoms with E-state index in [1.165, 1.54) is 193 Å². The summed E-state index contributed by atoms with van der Waals surface area (Å²) in [4.78, 5) is 33.1. The largest absolute Gasteiger partial charge is 0.550 e. The first-order valence-corrected chi connectivity index (χ1v) is 26.6. The lowest BCUT2D eigenvalue weighted by molar-refractivity contribution is -0.305. The van der Waals surface area contributed by atoms with E-state index >= 15 is 0 Å². The van der Waals surface area contributed by atoms with E-state index in [1.807, 2.05) is 0 Å². The molecule has 0 saturated carbocycles. The van der Waals surface area contributed by atoms with Gasteiger partial charge in [0.1, 0.15) is 0 Å². The maximum absolute atomic E-state index is 11.2. The minimum absolute atomic E-state index is 0.183. The Morgan fingerprint density at radius 3 is 1.15 bits per heavy atom. The van der Waals surface area contributed by atoms with Crippen molar-refractivity contribution in [3.8, 4) is 0 Å². The van der Waals surface area contributed by atoms with E-state index < -0.39 is 17.9 Å². The highest BCUT2D eigenvalue weighted by atomic mass is 16.4. The molecule has 0 aliphatic rings. The number of allylic oxidation sites excluding steroid dienone is 2. The summed E-state index contributed by atoms with van der Waals surface area (Å²) < 4.78 is 0. The molecule has 354 valence electrons. The number of carbonyl (C=O) groups excluding carboxylic acids is 1. The Hall–Kier alpha value is -1.85. The zero-order valence-electron chi connectivity index (χ0n) is 40.2. The minimum atomic E-state index is -0.924. The van der Waals surface area contributed by atoms with Gasteiger partial charge in [0.15, 0.2) is 0 Å². The molecule has 2 N–H and O–H groups in total. The first kappa shape index (κ1) is 58.1. The Bertz CT molecular complexity index is 991.